The highest BCUT2D eigenvalue weighted by atomic mass is 16.5. The Bertz CT molecular complexity index is 736. The number of methoxy groups -OCH3 is 1. The van der Waals surface area contributed by atoms with E-state index in [0.29, 0.717) is 11.5 Å². The number of nitrogens with one attached hydrogen (secondary N) is 1. The molecular weight excluding hydrogens is 352 g/mol. The maximum Gasteiger partial charge on any atom is 0.258 e. The number of amides is 1. The number of benzene rings is 2. The smallest absolute Gasteiger partial charge is 0.258 e. The Morgan fingerprint density at radius 3 is 2.64 bits per heavy atom. The van der Waals surface area contributed by atoms with Gasteiger partial charge in [0.25, 0.3) is 5.91 Å². The van der Waals surface area contributed by atoms with Gasteiger partial charge in [-0.3, -0.25) is 4.79 Å². The highest BCUT2D eigenvalue weighted by Gasteiger charge is 2.21. The number of para-hydroxylation sites is 2. The number of carbonyl (C=O) groups excluding carboxylic acids is 1. The Morgan fingerprint density at radius 2 is 1.86 bits per heavy atom. The second-order valence-corrected chi connectivity index (χ2v) is 7.24. The molecule has 2 aromatic rings. The summed E-state index contributed by atoms with van der Waals surface area (Å²) in [4.78, 5) is 14.8. The summed E-state index contributed by atoms with van der Waals surface area (Å²) in [6, 6.07) is 18.2. The normalized spacial score (nSPS) is 17.1. The lowest BCUT2D eigenvalue weighted by Gasteiger charge is -2.33. The van der Waals surface area contributed by atoms with Crippen molar-refractivity contribution in [1.29, 1.82) is 0 Å². The highest BCUT2D eigenvalue weighted by molar-refractivity contribution is 5.78. The van der Waals surface area contributed by atoms with Crippen LogP contribution in [0, 0.1) is 0 Å². The third-order valence-electron chi connectivity index (χ3n) is 5.08. The molecule has 150 valence electrons. The standard InChI is InChI=1S/C23H30N2O3/c1-27-21-13-5-6-14-22(21)28-18-23(26)24-20-12-8-16-25(17-20)15-7-11-19-9-3-2-4-10-19/h2-6,9-10,13-14,20H,7-8,11-12,15-18H2,1H3,(H,24,26). The van der Waals surface area contributed by atoms with E-state index in [2.05, 4.69) is 40.5 Å². The van der Waals surface area contributed by atoms with Gasteiger partial charge in [0.05, 0.1) is 7.11 Å². The van der Waals surface area contributed by atoms with Gasteiger partial charge in [-0.2, -0.15) is 0 Å². The number of likely N-dealkylation sites (tertiary alicyclic amines) is 1. The molecule has 0 radical (unpaired) electrons. The van der Waals surface area contributed by atoms with Crippen LogP contribution in [0.25, 0.3) is 0 Å². The summed E-state index contributed by atoms with van der Waals surface area (Å²) in [5.41, 5.74) is 1.39. The third-order valence-corrected chi connectivity index (χ3v) is 5.08. The predicted molar refractivity (Wildman–Crippen MR) is 111 cm³/mol. The topological polar surface area (TPSA) is 50.8 Å². The molecule has 0 bridgehead atoms. The number of carbonyl (C=O) groups is 1. The molecule has 0 aliphatic carbocycles. The fourth-order valence-corrected chi connectivity index (χ4v) is 3.68. The lowest BCUT2D eigenvalue weighted by Crippen LogP contribution is -2.49. The van der Waals surface area contributed by atoms with Gasteiger partial charge in [0, 0.05) is 12.6 Å². The van der Waals surface area contributed by atoms with E-state index in [4.69, 9.17) is 9.47 Å². The molecular formula is C23H30N2O3. The van der Waals surface area contributed by atoms with Crippen molar-refractivity contribution in [3.63, 3.8) is 0 Å². The second-order valence-electron chi connectivity index (χ2n) is 7.24. The van der Waals surface area contributed by atoms with Gasteiger partial charge in [-0.15, -0.1) is 0 Å². The van der Waals surface area contributed by atoms with E-state index in [1.54, 1.807) is 13.2 Å². The molecule has 1 unspecified atom stereocenters. The lowest BCUT2D eigenvalue weighted by molar-refractivity contribution is -0.124. The average Bonchev–Trinajstić information content (AvgIpc) is 2.73. The van der Waals surface area contributed by atoms with E-state index >= 15 is 0 Å². The van der Waals surface area contributed by atoms with Crippen LogP contribution < -0.4 is 14.8 Å². The van der Waals surface area contributed by atoms with Crippen LogP contribution in [-0.2, 0) is 11.2 Å². The average molecular weight is 383 g/mol. The number of nitrogens with zero attached hydrogens (tertiary/aromatic N) is 1. The molecule has 0 spiro atoms. The fourth-order valence-electron chi connectivity index (χ4n) is 3.68. The maximum atomic E-state index is 12.3. The third kappa shape index (κ3) is 6.27. The van der Waals surface area contributed by atoms with E-state index in [0.717, 1.165) is 45.3 Å². The fraction of sp³-hybridized carbons (Fsp3) is 0.435. The monoisotopic (exact) mass is 382 g/mol. The SMILES string of the molecule is COc1ccccc1OCC(=O)NC1CCCN(CCCc2ccccc2)C1. The van der Waals surface area contributed by atoms with Gasteiger partial charge in [-0.1, -0.05) is 42.5 Å². The zero-order valence-corrected chi connectivity index (χ0v) is 16.6. The molecule has 0 saturated carbocycles. The van der Waals surface area contributed by atoms with Crippen LogP contribution in [0.15, 0.2) is 54.6 Å². The highest BCUT2D eigenvalue weighted by Crippen LogP contribution is 2.25. The Morgan fingerprint density at radius 1 is 1.11 bits per heavy atom. The van der Waals surface area contributed by atoms with Crippen molar-refractivity contribution >= 4 is 5.91 Å². The van der Waals surface area contributed by atoms with Crippen molar-refractivity contribution in [1.82, 2.24) is 10.2 Å². The van der Waals surface area contributed by atoms with Crippen LogP contribution in [0.3, 0.4) is 0 Å². The number of hydrogen-bond acceptors (Lipinski definition) is 4. The zero-order chi connectivity index (χ0) is 19.6. The quantitative estimate of drug-likeness (QED) is 0.723. The summed E-state index contributed by atoms with van der Waals surface area (Å²) in [6.45, 7) is 3.10. The van der Waals surface area contributed by atoms with Crippen molar-refractivity contribution in [2.75, 3.05) is 33.4 Å². The van der Waals surface area contributed by atoms with E-state index in [1.165, 1.54) is 5.56 Å². The minimum atomic E-state index is -0.0814. The van der Waals surface area contributed by atoms with E-state index in [9.17, 15) is 4.79 Å². The molecule has 1 N–H and O–H groups in total. The van der Waals surface area contributed by atoms with E-state index in [1.807, 2.05) is 18.2 Å². The van der Waals surface area contributed by atoms with Gasteiger partial charge in [-0.25, -0.2) is 0 Å². The lowest BCUT2D eigenvalue weighted by atomic mass is 10.0. The number of hydrogen-bond donors (Lipinski definition) is 1. The number of ether oxygens (including phenoxy) is 2. The van der Waals surface area contributed by atoms with Crippen LogP contribution in [-0.4, -0.2) is 50.2 Å². The molecule has 1 heterocycles. The summed E-state index contributed by atoms with van der Waals surface area (Å²) < 4.78 is 10.9. The van der Waals surface area contributed by atoms with Crippen molar-refractivity contribution < 1.29 is 14.3 Å². The molecule has 3 rings (SSSR count). The first kappa shape index (κ1) is 20.2. The first-order valence-corrected chi connectivity index (χ1v) is 10.1. The Kier molecular flexibility index (Phi) is 7.73. The zero-order valence-electron chi connectivity index (χ0n) is 16.6. The molecule has 1 aliphatic heterocycles. The molecule has 1 aliphatic rings. The summed E-state index contributed by atoms with van der Waals surface area (Å²) >= 11 is 0. The molecule has 0 aromatic heterocycles. The number of piperidine rings is 1. The van der Waals surface area contributed by atoms with Gasteiger partial charge < -0.3 is 19.7 Å². The van der Waals surface area contributed by atoms with Crippen LogP contribution in [0.1, 0.15) is 24.8 Å². The van der Waals surface area contributed by atoms with Crippen molar-refractivity contribution in [3.8, 4) is 11.5 Å². The number of aryl methyl sites for hydroxylation is 1. The van der Waals surface area contributed by atoms with Crippen LogP contribution >= 0.6 is 0 Å². The molecule has 1 fully saturated rings. The molecule has 1 amide bonds. The van der Waals surface area contributed by atoms with Gasteiger partial charge in [0.1, 0.15) is 0 Å². The van der Waals surface area contributed by atoms with Gasteiger partial charge in [-0.05, 0) is 56.5 Å². The van der Waals surface area contributed by atoms with Crippen molar-refractivity contribution in [3.05, 3.63) is 60.2 Å². The molecule has 5 heteroatoms. The molecule has 1 atom stereocenters. The van der Waals surface area contributed by atoms with E-state index < -0.39 is 0 Å². The van der Waals surface area contributed by atoms with E-state index in [-0.39, 0.29) is 18.6 Å². The maximum absolute atomic E-state index is 12.3. The Labute approximate surface area is 167 Å². The number of rotatable bonds is 9. The molecule has 1 saturated heterocycles. The summed E-state index contributed by atoms with van der Waals surface area (Å²) in [6.07, 6.45) is 4.38. The van der Waals surface area contributed by atoms with Gasteiger partial charge in [0.15, 0.2) is 18.1 Å². The first-order valence-electron chi connectivity index (χ1n) is 10.1. The van der Waals surface area contributed by atoms with Gasteiger partial charge in [0.2, 0.25) is 0 Å². The predicted octanol–water partition coefficient (Wildman–Crippen LogP) is 3.29. The van der Waals surface area contributed by atoms with Crippen LogP contribution in [0.4, 0.5) is 0 Å². The summed E-state index contributed by atoms with van der Waals surface area (Å²) in [7, 11) is 1.59. The Hall–Kier alpha value is -2.53. The first-order chi connectivity index (χ1) is 13.7. The largest absolute Gasteiger partial charge is 0.493 e. The molecule has 2 aromatic carbocycles. The Balaban J connectivity index is 1.38. The summed E-state index contributed by atoms with van der Waals surface area (Å²) in [5.74, 6) is 1.14. The van der Waals surface area contributed by atoms with Crippen molar-refractivity contribution in [2.45, 2.75) is 31.7 Å². The summed E-state index contributed by atoms with van der Waals surface area (Å²) in [5, 5.41) is 3.12. The molecule has 5 nitrogen and oxygen atoms in total. The minimum Gasteiger partial charge on any atom is -0.493 e. The minimum absolute atomic E-state index is 0.00484. The van der Waals surface area contributed by atoms with Gasteiger partial charge >= 0.3 is 0 Å². The molecule has 28 heavy (non-hydrogen) atoms. The second kappa shape index (κ2) is 10.7. The van der Waals surface area contributed by atoms with Crippen LogP contribution in [0.2, 0.25) is 0 Å². The van der Waals surface area contributed by atoms with Crippen molar-refractivity contribution in [2.24, 2.45) is 0 Å². The van der Waals surface area contributed by atoms with Crippen LogP contribution in [0.5, 0.6) is 11.5 Å².